The molecule has 3 aromatic carbocycles. The molecule has 1 unspecified atom stereocenters. The third kappa shape index (κ3) is 8.47. The second kappa shape index (κ2) is 14.7. The van der Waals surface area contributed by atoms with E-state index in [4.69, 9.17) is 25.9 Å². The molecule has 0 heterocycles. The number of rotatable bonds is 14. The number of hydrogen-bond acceptors (Lipinski definition) is 7. The fourth-order valence-corrected chi connectivity index (χ4v) is 6.24. The van der Waals surface area contributed by atoms with Gasteiger partial charge in [-0.2, -0.15) is 0 Å². The Morgan fingerprint density at radius 3 is 2.45 bits per heavy atom. The molecular weight excluding hydrogens is 552 g/mol. The smallest absolute Gasteiger partial charge is 0.307 e. The molecule has 0 aliphatic rings. The molecule has 0 aliphatic heterocycles. The van der Waals surface area contributed by atoms with E-state index in [1.54, 1.807) is 44.3 Å². The molecule has 3 aromatic rings. The van der Waals surface area contributed by atoms with Crippen LogP contribution in [0.2, 0.25) is 5.02 Å². The van der Waals surface area contributed by atoms with Crippen molar-refractivity contribution < 1.29 is 27.5 Å². The van der Waals surface area contributed by atoms with E-state index in [9.17, 15) is 13.2 Å². The minimum Gasteiger partial charge on any atom is -0.493 e. The molecule has 8 nitrogen and oxygen atoms in total. The van der Waals surface area contributed by atoms with E-state index < -0.39 is 22.0 Å². The van der Waals surface area contributed by atoms with Crippen LogP contribution in [-0.4, -0.2) is 46.5 Å². The van der Waals surface area contributed by atoms with Gasteiger partial charge in [-0.05, 0) is 68.7 Å². The van der Waals surface area contributed by atoms with Crippen molar-refractivity contribution in [2.75, 3.05) is 24.1 Å². The van der Waals surface area contributed by atoms with Gasteiger partial charge in [-0.25, -0.2) is 8.42 Å². The summed E-state index contributed by atoms with van der Waals surface area (Å²) in [6, 6.07) is 18.6. The summed E-state index contributed by atoms with van der Waals surface area (Å²) in [7, 11) is -4.14. The molecule has 0 saturated carbocycles. The van der Waals surface area contributed by atoms with Crippen LogP contribution in [0, 0.1) is 6.92 Å². The predicted molar refractivity (Wildman–Crippen MR) is 158 cm³/mol. The van der Waals surface area contributed by atoms with Crippen LogP contribution in [0.1, 0.15) is 43.9 Å². The maximum atomic E-state index is 13.9. The van der Waals surface area contributed by atoms with Crippen molar-refractivity contribution in [1.29, 1.82) is 0 Å². The highest BCUT2D eigenvalue weighted by Crippen LogP contribution is 2.34. The largest absolute Gasteiger partial charge is 0.493 e. The molecule has 40 heavy (non-hydrogen) atoms. The average Bonchev–Trinajstić information content (AvgIpc) is 2.89. The van der Waals surface area contributed by atoms with Gasteiger partial charge in [-0.1, -0.05) is 53.2 Å². The van der Waals surface area contributed by atoms with Gasteiger partial charge >= 0.3 is 5.97 Å². The lowest BCUT2D eigenvalue weighted by molar-refractivity contribution is -0.143. The maximum Gasteiger partial charge on any atom is 0.307 e. The topological polar surface area (TPSA) is 94.5 Å². The van der Waals surface area contributed by atoms with Gasteiger partial charge in [0.1, 0.15) is 17.3 Å². The second-order valence-corrected chi connectivity index (χ2v) is 11.3. The molecule has 0 radical (unpaired) electrons. The Labute approximate surface area is 241 Å². The Hall–Kier alpha value is -3.56. The number of esters is 1. The molecule has 0 aliphatic carbocycles. The number of hydrogen-bond donors (Lipinski definition) is 0. The molecule has 0 saturated heterocycles. The van der Waals surface area contributed by atoms with E-state index in [1.807, 2.05) is 44.2 Å². The fourth-order valence-electron chi connectivity index (χ4n) is 4.10. The van der Waals surface area contributed by atoms with Crippen molar-refractivity contribution in [3.63, 3.8) is 0 Å². The van der Waals surface area contributed by atoms with E-state index in [0.717, 1.165) is 16.7 Å². The molecule has 1 atom stereocenters. The monoisotopic (exact) mass is 586 g/mol. The lowest BCUT2D eigenvalue weighted by Gasteiger charge is -2.31. The third-order valence-corrected chi connectivity index (χ3v) is 8.32. The first kappa shape index (κ1) is 31.0. The van der Waals surface area contributed by atoms with Crippen LogP contribution in [0.25, 0.3) is 0 Å². The van der Waals surface area contributed by atoms with Crippen molar-refractivity contribution >= 4 is 39.5 Å². The van der Waals surface area contributed by atoms with Crippen LogP contribution in [0.3, 0.4) is 0 Å². The highest BCUT2D eigenvalue weighted by atomic mass is 35.5. The van der Waals surface area contributed by atoms with E-state index in [1.165, 1.54) is 16.4 Å². The van der Waals surface area contributed by atoms with Gasteiger partial charge in [0, 0.05) is 12.5 Å². The molecule has 214 valence electrons. The van der Waals surface area contributed by atoms with Crippen LogP contribution in [0.5, 0.6) is 5.75 Å². The van der Waals surface area contributed by atoms with Crippen molar-refractivity contribution in [2.24, 2.45) is 5.16 Å². The number of halogens is 1. The van der Waals surface area contributed by atoms with Gasteiger partial charge in [-0.3, -0.25) is 9.10 Å². The molecule has 0 bridgehead atoms. The number of anilines is 1. The summed E-state index contributed by atoms with van der Waals surface area (Å²) in [6.45, 7) is 8.19. The Balaban J connectivity index is 1.85. The summed E-state index contributed by atoms with van der Waals surface area (Å²) in [5.41, 5.74) is 3.17. The number of ether oxygens (including phenoxy) is 2. The van der Waals surface area contributed by atoms with E-state index >= 15 is 0 Å². The molecule has 0 spiro atoms. The number of aryl methyl sites for hydroxylation is 1. The number of oxime groups is 1. The van der Waals surface area contributed by atoms with Crippen LogP contribution in [0.4, 0.5) is 5.69 Å². The zero-order valence-electron chi connectivity index (χ0n) is 23.2. The number of sulfonamides is 1. The Kier molecular flexibility index (Phi) is 11.4. The lowest BCUT2D eigenvalue weighted by atomic mass is 10.1. The molecule has 0 fully saturated rings. The van der Waals surface area contributed by atoms with Gasteiger partial charge < -0.3 is 14.3 Å². The van der Waals surface area contributed by atoms with Crippen LogP contribution >= 0.6 is 11.6 Å². The summed E-state index contributed by atoms with van der Waals surface area (Å²) in [5, 5.41) is 3.96. The minimum atomic E-state index is -4.14. The molecule has 0 N–H and O–H groups in total. The molecule has 0 amide bonds. The SMILES string of the molecule is CCON=Cc1ccc(CCOc2cc(C)cc(N(C(C)CC(=O)OCC)S(=O)(=O)c3ccccc3Cl)c2)cc1. The minimum absolute atomic E-state index is 0.0499. The summed E-state index contributed by atoms with van der Waals surface area (Å²) >= 11 is 6.30. The predicted octanol–water partition coefficient (Wildman–Crippen LogP) is 6.18. The zero-order chi connectivity index (χ0) is 29.1. The van der Waals surface area contributed by atoms with Gasteiger partial charge in [0.05, 0.1) is 42.6 Å². The van der Waals surface area contributed by atoms with Gasteiger partial charge in [0.2, 0.25) is 0 Å². The first-order chi connectivity index (χ1) is 19.1. The first-order valence-electron chi connectivity index (χ1n) is 13.1. The summed E-state index contributed by atoms with van der Waals surface area (Å²) in [4.78, 5) is 17.3. The molecule has 3 rings (SSSR count). The molecule has 10 heteroatoms. The van der Waals surface area contributed by atoms with Crippen LogP contribution < -0.4 is 9.04 Å². The molecular formula is C30H35ClN2O6S. The Morgan fingerprint density at radius 2 is 1.77 bits per heavy atom. The van der Waals surface area contributed by atoms with Crippen molar-refractivity contribution in [1.82, 2.24) is 0 Å². The maximum absolute atomic E-state index is 13.9. The highest BCUT2D eigenvalue weighted by molar-refractivity contribution is 7.93. The highest BCUT2D eigenvalue weighted by Gasteiger charge is 2.33. The standard InChI is InChI=1S/C30H35ClN2O6S/c1-5-37-30(34)19-23(4)33(40(35,36)29-10-8-7-9-28(29)31)26-17-22(3)18-27(20-26)38-16-15-24-11-13-25(14-12-24)21-32-39-6-2/h7-14,17-18,20-21,23H,5-6,15-16,19H2,1-4H3. The summed E-state index contributed by atoms with van der Waals surface area (Å²) in [6.07, 6.45) is 2.17. The first-order valence-corrected chi connectivity index (χ1v) is 14.9. The summed E-state index contributed by atoms with van der Waals surface area (Å²) in [5.74, 6) is 0.0202. The normalized spacial score (nSPS) is 12.2. The lowest BCUT2D eigenvalue weighted by Crippen LogP contribution is -2.40. The molecule has 0 aromatic heterocycles. The van der Waals surface area contributed by atoms with E-state index in [-0.39, 0.29) is 22.9 Å². The van der Waals surface area contributed by atoms with Crippen molar-refractivity contribution in [2.45, 2.75) is 51.5 Å². The van der Waals surface area contributed by atoms with E-state index in [0.29, 0.717) is 31.1 Å². The Morgan fingerprint density at radius 1 is 1.05 bits per heavy atom. The number of carbonyl (C=O) groups is 1. The second-order valence-electron chi connectivity index (χ2n) is 9.09. The summed E-state index contributed by atoms with van der Waals surface area (Å²) < 4.78 is 40.1. The third-order valence-electron chi connectivity index (χ3n) is 5.88. The Bertz CT molecular complexity index is 1410. The van der Waals surface area contributed by atoms with Gasteiger partial charge in [0.15, 0.2) is 0 Å². The zero-order valence-corrected chi connectivity index (χ0v) is 24.7. The van der Waals surface area contributed by atoms with Crippen molar-refractivity contribution in [3.05, 3.63) is 88.4 Å². The van der Waals surface area contributed by atoms with Crippen molar-refractivity contribution in [3.8, 4) is 5.75 Å². The number of benzene rings is 3. The number of carbonyl (C=O) groups excluding carboxylic acids is 1. The average molecular weight is 587 g/mol. The fraction of sp³-hybridized carbons (Fsp3) is 0.333. The van der Waals surface area contributed by atoms with Gasteiger partial charge in [0.25, 0.3) is 10.0 Å². The van der Waals surface area contributed by atoms with Crippen LogP contribution in [0.15, 0.2) is 76.8 Å². The quantitative estimate of drug-likeness (QED) is 0.127. The van der Waals surface area contributed by atoms with Crippen LogP contribution in [-0.2, 0) is 30.8 Å². The number of nitrogens with zero attached hydrogens (tertiary/aromatic N) is 2. The van der Waals surface area contributed by atoms with E-state index in [2.05, 4.69) is 5.16 Å². The van der Waals surface area contributed by atoms with Gasteiger partial charge in [-0.15, -0.1) is 0 Å².